The number of aromatic nitrogens is 1. The second-order valence-corrected chi connectivity index (χ2v) is 6.34. The number of carbonyl (C=O) groups excluding carboxylic acids is 1. The fraction of sp³-hybridized carbons (Fsp3) is 0.158. The van der Waals surface area contributed by atoms with E-state index in [0.29, 0.717) is 18.1 Å². The highest BCUT2D eigenvalue weighted by Gasteiger charge is 2.02. The Morgan fingerprint density at radius 1 is 1.24 bits per heavy atom. The van der Waals surface area contributed by atoms with Crippen LogP contribution < -0.4 is 11.1 Å². The molecule has 0 spiro atoms. The Kier molecular flexibility index (Phi) is 5.50. The molecule has 5 nitrogen and oxygen atoms in total. The lowest BCUT2D eigenvalue weighted by molar-refractivity contribution is 0.140. The van der Waals surface area contributed by atoms with Gasteiger partial charge in [-0.25, -0.2) is 9.78 Å². The second-order valence-electron chi connectivity index (χ2n) is 5.27. The van der Waals surface area contributed by atoms with Crippen LogP contribution in [-0.2, 0) is 11.3 Å². The number of anilines is 1. The van der Waals surface area contributed by atoms with E-state index in [1.165, 1.54) is 11.3 Å². The van der Waals surface area contributed by atoms with E-state index in [9.17, 15) is 4.79 Å². The molecule has 3 N–H and O–H groups in total. The van der Waals surface area contributed by atoms with Crippen LogP contribution in [-0.4, -0.2) is 17.6 Å². The average Bonchev–Trinajstić information content (AvgIpc) is 3.00. The molecule has 0 radical (unpaired) electrons. The van der Waals surface area contributed by atoms with Gasteiger partial charge in [0.2, 0.25) is 0 Å². The molecule has 3 aromatic rings. The van der Waals surface area contributed by atoms with E-state index in [2.05, 4.69) is 22.1 Å². The summed E-state index contributed by atoms with van der Waals surface area (Å²) in [6.07, 6.45) is 0.107. The number of thiazole rings is 1. The zero-order chi connectivity index (χ0) is 17.5. The molecular weight excluding hydrogens is 334 g/mol. The highest BCUT2D eigenvalue weighted by molar-refractivity contribution is 7.22. The van der Waals surface area contributed by atoms with E-state index in [0.717, 1.165) is 21.3 Å². The third-order valence-corrected chi connectivity index (χ3v) is 4.22. The van der Waals surface area contributed by atoms with Gasteiger partial charge < -0.3 is 15.8 Å². The summed E-state index contributed by atoms with van der Waals surface area (Å²) in [7, 11) is 0. The number of ether oxygens (including phenoxy) is 1. The molecule has 0 bridgehead atoms. The molecule has 0 unspecified atom stereocenters. The largest absolute Gasteiger partial charge is 0.445 e. The molecule has 1 aromatic heterocycles. The average molecular weight is 351 g/mol. The van der Waals surface area contributed by atoms with Crippen LogP contribution >= 0.6 is 11.3 Å². The Hall–Kier alpha value is -3.04. The van der Waals surface area contributed by atoms with Crippen molar-refractivity contribution in [2.45, 2.75) is 13.0 Å². The summed E-state index contributed by atoms with van der Waals surface area (Å²) < 4.78 is 6.15. The first kappa shape index (κ1) is 16.8. The molecule has 1 amide bonds. The summed E-state index contributed by atoms with van der Waals surface area (Å²) in [5, 5.41) is 3.24. The first-order valence-corrected chi connectivity index (χ1v) is 8.62. The number of rotatable bonds is 4. The normalized spacial score (nSPS) is 10.1. The molecule has 0 saturated heterocycles. The zero-order valence-corrected chi connectivity index (χ0v) is 14.3. The number of carbonyl (C=O) groups is 1. The molecule has 6 heteroatoms. The highest BCUT2D eigenvalue weighted by Crippen LogP contribution is 2.24. The maximum absolute atomic E-state index is 11.6. The monoisotopic (exact) mass is 351 g/mol. The third-order valence-electron chi connectivity index (χ3n) is 3.37. The molecule has 25 heavy (non-hydrogen) atoms. The number of benzene rings is 2. The number of hydrogen-bond donors (Lipinski definition) is 2. The SMILES string of the molecule is Nc1nc2ccc(C#CCCNC(=O)OCc3ccccc3)cc2s1. The van der Waals surface area contributed by atoms with Crippen LogP contribution in [0.4, 0.5) is 9.93 Å². The van der Waals surface area contributed by atoms with Crippen molar-refractivity contribution in [3.63, 3.8) is 0 Å². The van der Waals surface area contributed by atoms with Crippen LogP contribution in [0.1, 0.15) is 17.5 Å². The summed E-state index contributed by atoms with van der Waals surface area (Å²) in [6.45, 7) is 0.701. The van der Waals surface area contributed by atoms with Crippen LogP contribution in [0.15, 0.2) is 48.5 Å². The topological polar surface area (TPSA) is 77.2 Å². The number of amides is 1. The fourth-order valence-corrected chi connectivity index (χ4v) is 2.96. The fourth-order valence-electron chi connectivity index (χ4n) is 2.19. The Morgan fingerprint density at radius 3 is 2.92 bits per heavy atom. The summed E-state index contributed by atoms with van der Waals surface area (Å²) in [5.74, 6) is 6.11. The molecule has 0 fully saturated rings. The maximum atomic E-state index is 11.6. The minimum Gasteiger partial charge on any atom is -0.445 e. The smallest absolute Gasteiger partial charge is 0.407 e. The van der Waals surface area contributed by atoms with Crippen LogP contribution in [0, 0.1) is 11.8 Å². The lowest BCUT2D eigenvalue weighted by Crippen LogP contribution is -2.24. The van der Waals surface area contributed by atoms with Gasteiger partial charge in [-0.15, -0.1) is 0 Å². The molecule has 0 aliphatic heterocycles. The van der Waals surface area contributed by atoms with Gasteiger partial charge in [0.15, 0.2) is 5.13 Å². The van der Waals surface area contributed by atoms with Gasteiger partial charge in [0.05, 0.1) is 10.2 Å². The van der Waals surface area contributed by atoms with Crippen molar-refractivity contribution in [2.75, 3.05) is 12.3 Å². The molecule has 0 saturated carbocycles. The van der Waals surface area contributed by atoms with Crippen molar-refractivity contribution in [3.05, 3.63) is 59.7 Å². The van der Waals surface area contributed by atoms with E-state index in [1.54, 1.807) is 0 Å². The van der Waals surface area contributed by atoms with E-state index < -0.39 is 6.09 Å². The van der Waals surface area contributed by atoms with Gasteiger partial charge in [-0.05, 0) is 23.8 Å². The first-order valence-electron chi connectivity index (χ1n) is 7.80. The molecule has 1 heterocycles. The lowest BCUT2D eigenvalue weighted by atomic mass is 10.2. The number of hydrogen-bond acceptors (Lipinski definition) is 5. The lowest BCUT2D eigenvalue weighted by Gasteiger charge is -2.05. The number of alkyl carbamates (subject to hydrolysis) is 1. The molecule has 2 aromatic carbocycles. The third kappa shape index (κ3) is 4.96. The highest BCUT2D eigenvalue weighted by atomic mass is 32.1. The predicted molar refractivity (Wildman–Crippen MR) is 100 cm³/mol. The van der Waals surface area contributed by atoms with Crippen molar-refractivity contribution in [2.24, 2.45) is 0 Å². The standard InChI is InChI=1S/C19H17N3O2S/c20-18-22-16-10-9-14(12-17(16)25-18)6-4-5-11-21-19(23)24-13-15-7-2-1-3-8-15/h1-3,7-10,12H,5,11,13H2,(H2,20,22)(H,21,23). The minimum absolute atomic E-state index is 0.260. The van der Waals surface area contributed by atoms with E-state index in [1.807, 2.05) is 48.5 Å². The zero-order valence-electron chi connectivity index (χ0n) is 13.5. The van der Waals surface area contributed by atoms with Gasteiger partial charge in [-0.3, -0.25) is 0 Å². The van der Waals surface area contributed by atoms with Crippen molar-refractivity contribution in [3.8, 4) is 11.8 Å². The number of fused-ring (bicyclic) bond motifs is 1. The van der Waals surface area contributed by atoms with Gasteiger partial charge in [-0.1, -0.05) is 53.5 Å². The number of nitrogen functional groups attached to an aromatic ring is 1. The van der Waals surface area contributed by atoms with E-state index in [4.69, 9.17) is 10.5 Å². The van der Waals surface area contributed by atoms with Gasteiger partial charge in [-0.2, -0.15) is 0 Å². The molecule has 126 valence electrons. The van der Waals surface area contributed by atoms with Crippen LogP contribution in [0.5, 0.6) is 0 Å². The quantitative estimate of drug-likeness (QED) is 0.557. The molecule has 0 atom stereocenters. The number of nitrogens with two attached hydrogens (primary N) is 1. The summed E-state index contributed by atoms with van der Waals surface area (Å²) >= 11 is 1.44. The Balaban J connectivity index is 1.42. The Bertz CT molecular complexity index is 926. The van der Waals surface area contributed by atoms with E-state index >= 15 is 0 Å². The number of nitrogens with zero attached hydrogens (tertiary/aromatic N) is 1. The van der Waals surface area contributed by atoms with Crippen molar-refractivity contribution in [1.29, 1.82) is 0 Å². The van der Waals surface area contributed by atoms with Gasteiger partial charge >= 0.3 is 6.09 Å². The van der Waals surface area contributed by atoms with Crippen LogP contribution in [0.2, 0.25) is 0 Å². The maximum Gasteiger partial charge on any atom is 0.407 e. The second kappa shape index (κ2) is 8.18. The number of nitrogens with one attached hydrogen (secondary N) is 1. The minimum atomic E-state index is -0.438. The Morgan fingerprint density at radius 2 is 2.08 bits per heavy atom. The first-order chi connectivity index (χ1) is 12.2. The summed E-state index contributed by atoms with van der Waals surface area (Å²) in [6, 6.07) is 15.3. The molecular formula is C19H17N3O2S. The predicted octanol–water partition coefficient (Wildman–Crippen LogP) is 3.55. The van der Waals surface area contributed by atoms with Crippen molar-refractivity contribution in [1.82, 2.24) is 10.3 Å². The molecule has 3 rings (SSSR count). The molecule has 0 aliphatic carbocycles. The summed E-state index contributed by atoms with van der Waals surface area (Å²) in [4.78, 5) is 15.8. The van der Waals surface area contributed by atoms with Crippen molar-refractivity contribution >= 4 is 32.8 Å². The molecule has 0 aliphatic rings. The van der Waals surface area contributed by atoms with Gasteiger partial charge in [0.1, 0.15) is 6.61 Å². The van der Waals surface area contributed by atoms with E-state index in [-0.39, 0.29) is 6.61 Å². The van der Waals surface area contributed by atoms with Crippen LogP contribution in [0.25, 0.3) is 10.2 Å². The van der Waals surface area contributed by atoms with Gasteiger partial charge in [0.25, 0.3) is 0 Å². The summed E-state index contributed by atoms with van der Waals surface area (Å²) in [5.41, 5.74) is 8.44. The Labute approximate surface area is 149 Å². The van der Waals surface area contributed by atoms with Gasteiger partial charge in [0, 0.05) is 18.5 Å². The van der Waals surface area contributed by atoms with Crippen molar-refractivity contribution < 1.29 is 9.53 Å². The van der Waals surface area contributed by atoms with Crippen LogP contribution in [0.3, 0.4) is 0 Å².